The molecule has 5 heteroatoms. The Morgan fingerprint density at radius 1 is 1.08 bits per heavy atom. The van der Waals surface area contributed by atoms with Gasteiger partial charge in [-0.15, -0.1) is 0 Å². The van der Waals surface area contributed by atoms with Crippen LogP contribution < -0.4 is 4.74 Å². The van der Waals surface area contributed by atoms with Gasteiger partial charge in [-0.05, 0) is 31.5 Å². The highest BCUT2D eigenvalue weighted by Crippen LogP contribution is 2.38. The number of methoxy groups -OCH3 is 1. The van der Waals surface area contributed by atoms with E-state index in [1.54, 1.807) is 19.2 Å². The molecule has 0 spiro atoms. The van der Waals surface area contributed by atoms with Crippen molar-refractivity contribution in [2.45, 2.75) is 36.5 Å². The Morgan fingerprint density at radius 2 is 1.76 bits per heavy atom. The number of hydrogen-bond acceptors (Lipinski definition) is 3. The van der Waals surface area contributed by atoms with Gasteiger partial charge in [0, 0.05) is 18.1 Å². The van der Waals surface area contributed by atoms with E-state index in [0.717, 1.165) is 23.2 Å². The highest BCUT2D eigenvalue weighted by Gasteiger charge is 2.28. The van der Waals surface area contributed by atoms with Crippen LogP contribution in [0, 0.1) is 6.92 Å². The zero-order valence-electron chi connectivity index (χ0n) is 15.0. The number of aryl methyl sites for hydroxylation is 2. The molecule has 0 saturated heterocycles. The van der Waals surface area contributed by atoms with Crippen molar-refractivity contribution in [1.82, 2.24) is 4.57 Å². The predicted octanol–water partition coefficient (Wildman–Crippen LogP) is 4.28. The number of sulfone groups is 1. The summed E-state index contributed by atoms with van der Waals surface area (Å²) < 4.78 is 34.3. The van der Waals surface area contributed by atoms with E-state index < -0.39 is 9.84 Å². The second kappa shape index (κ2) is 6.56. The maximum atomic E-state index is 13.4. The first-order chi connectivity index (χ1) is 11.9. The van der Waals surface area contributed by atoms with Crippen LogP contribution >= 0.6 is 0 Å². The molecule has 4 nitrogen and oxygen atoms in total. The number of nitrogens with zero attached hydrogens (tertiary/aromatic N) is 1. The average molecular weight is 357 g/mol. The maximum absolute atomic E-state index is 13.4. The summed E-state index contributed by atoms with van der Waals surface area (Å²) in [6.07, 6.45) is 1.55. The van der Waals surface area contributed by atoms with Gasteiger partial charge in [0.15, 0.2) is 0 Å². The molecule has 2 aromatic carbocycles. The Morgan fingerprint density at radius 3 is 2.36 bits per heavy atom. The van der Waals surface area contributed by atoms with Crippen molar-refractivity contribution in [3.63, 3.8) is 0 Å². The van der Waals surface area contributed by atoms with Crippen LogP contribution in [0.2, 0.25) is 0 Å². The van der Waals surface area contributed by atoms with Gasteiger partial charge in [-0.3, -0.25) is 0 Å². The van der Waals surface area contributed by atoms with Crippen LogP contribution in [0.4, 0.5) is 0 Å². The molecule has 0 aliphatic rings. The molecule has 3 rings (SSSR count). The van der Waals surface area contributed by atoms with E-state index in [4.69, 9.17) is 4.74 Å². The highest BCUT2D eigenvalue weighted by atomic mass is 32.2. The first kappa shape index (κ1) is 17.5. The smallest absolute Gasteiger partial charge is 0.208 e. The Hall–Kier alpha value is -2.27. The molecule has 0 fully saturated rings. The summed E-state index contributed by atoms with van der Waals surface area (Å²) in [5.74, 6) is 0.683. The van der Waals surface area contributed by atoms with Crippen molar-refractivity contribution in [1.29, 1.82) is 0 Å². The molecular formula is C20H23NO3S. The van der Waals surface area contributed by atoms with Gasteiger partial charge in [0.05, 0.1) is 17.5 Å². The van der Waals surface area contributed by atoms with Crippen LogP contribution in [-0.4, -0.2) is 20.1 Å². The van der Waals surface area contributed by atoms with Gasteiger partial charge >= 0.3 is 0 Å². The van der Waals surface area contributed by atoms with Crippen LogP contribution in [0.5, 0.6) is 5.75 Å². The number of para-hydroxylation sites is 1. The third kappa shape index (κ3) is 2.82. The van der Waals surface area contributed by atoms with Crippen LogP contribution in [0.1, 0.15) is 24.6 Å². The van der Waals surface area contributed by atoms with Gasteiger partial charge in [0.2, 0.25) is 9.84 Å². The van der Waals surface area contributed by atoms with Crippen LogP contribution in [-0.2, 0) is 23.3 Å². The number of ether oxygens (including phenoxy) is 1. The SMILES string of the molecule is CCCc1c(S(=O)(=O)c2ccc(C)cc2)c2cccc(OC)c2n1C. The number of benzene rings is 2. The summed E-state index contributed by atoms with van der Waals surface area (Å²) in [6, 6.07) is 12.6. The van der Waals surface area contributed by atoms with Crippen LogP contribution in [0.3, 0.4) is 0 Å². The Labute approximate surface area is 149 Å². The Balaban J connectivity index is 2.38. The lowest BCUT2D eigenvalue weighted by Gasteiger charge is -2.09. The number of aromatic nitrogens is 1. The molecule has 0 unspecified atom stereocenters. The van der Waals surface area contributed by atoms with Crippen LogP contribution in [0.25, 0.3) is 10.9 Å². The van der Waals surface area contributed by atoms with E-state index in [2.05, 4.69) is 6.92 Å². The molecular weight excluding hydrogens is 334 g/mol. The molecule has 1 aromatic heterocycles. The fraction of sp³-hybridized carbons (Fsp3) is 0.300. The lowest BCUT2D eigenvalue weighted by atomic mass is 10.2. The summed E-state index contributed by atoms with van der Waals surface area (Å²) in [6.45, 7) is 4.00. The van der Waals surface area contributed by atoms with Gasteiger partial charge in [0.25, 0.3) is 0 Å². The predicted molar refractivity (Wildman–Crippen MR) is 100 cm³/mol. The third-order valence-corrected chi connectivity index (χ3v) is 6.44. The molecule has 0 amide bonds. The minimum absolute atomic E-state index is 0.325. The van der Waals surface area contributed by atoms with Gasteiger partial charge in [-0.2, -0.15) is 0 Å². The first-order valence-corrected chi connectivity index (χ1v) is 9.86. The maximum Gasteiger partial charge on any atom is 0.208 e. The highest BCUT2D eigenvalue weighted by molar-refractivity contribution is 7.91. The van der Waals surface area contributed by atoms with Crippen molar-refractivity contribution in [3.8, 4) is 5.75 Å². The van der Waals surface area contributed by atoms with Crippen LogP contribution in [0.15, 0.2) is 52.3 Å². The van der Waals surface area contributed by atoms with Gasteiger partial charge in [0.1, 0.15) is 10.6 Å². The quantitative estimate of drug-likeness (QED) is 0.685. The molecule has 132 valence electrons. The molecule has 0 bridgehead atoms. The first-order valence-electron chi connectivity index (χ1n) is 8.37. The van der Waals surface area contributed by atoms with E-state index in [9.17, 15) is 8.42 Å². The van der Waals surface area contributed by atoms with E-state index in [0.29, 0.717) is 27.3 Å². The van der Waals surface area contributed by atoms with E-state index >= 15 is 0 Å². The molecule has 0 saturated carbocycles. The van der Waals surface area contributed by atoms with Gasteiger partial charge < -0.3 is 9.30 Å². The zero-order chi connectivity index (χ0) is 18.2. The monoisotopic (exact) mass is 357 g/mol. The summed E-state index contributed by atoms with van der Waals surface area (Å²) in [5.41, 5.74) is 2.68. The average Bonchev–Trinajstić information content (AvgIpc) is 2.89. The van der Waals surface area contributed by atoms with Crippen molar-refractivity contribution in [2.24, 2.45) is 7.05 Å². The molecule has 0 atom stereocenters. The fourth-order valence-corrected chi connectivity index (χ4v) is 5.05. The molecule has 1 heterocycles. The molecule has 25 heavy (non-hydrogen) atoms. The van der Waals surface area contributed by atoms with E-state index in [1.807, 2.05) is 48.9 Å². The minimum atomic E-state index is -3.62. The lowest BCUT2D eigenvalue weighted by molar-refractivity contribution is 0.417. The fourth-order valence-electron chi connectivity index (χ4n) is 3.31. The summed E-state index contributed by atoms with van der Waals surface area (Å²) >= 11 is 0. The zero-order valence-corrected chi connectivity index (χ0v) is 15.9. The van der Waals surface area contributed by atoms with Crippen molar-refractivity contribution in [3.05, 3.63) is 53.7 Å². The summed E-state index contributed by atoms with van der Waals surface area (Å²) in [5, 5.41) is 0.714. The Bertz CT molecular complexity index is 1020. The summed E-state index contributed by atoms with van der Waals surface area (Å²) in [7, 11) is -0.102. The van der Waals surface area contributed by atoms with E-state index in [-0.39, 0.29) is 0 Å². The van der Waals surface area contributed by atoms with E-state index in [1.165, 1.54) is 0 Å². The van der Waals surface area contributed by atoms with Gasteiger partial charge in [-0.25, -0.2) is 8.42 Å². The molecule has 0 aliphatic heterocycles. The topological polar surface area (TPSA) is 48.3 Å². The van der Waals surface area contributed by atoms with Gasteiger partial charge in [-0.1, -0.05) is 43.2 Å². The molecule has 0 aliphatic carbocycles. The lowest BCUT2D eigenvalue weighted by Crippen LogP contribution is -2.07. The Kier molecular flexibility index (Phi) is 4.60. The number of fused-ring (bicyclic) bond motifs is 1. The minimum Gasteiger partial charge on any atom is -0.495 e. The molecule has 0 N–H and O–H groups in total. The number of hydrogen-bond donors (Lipinski definition) is 0. The molecule has 3 aromatic rings. The molecule has 0 radical (unpaired) electrons. The standard InChI is InChI=1S/C20H23NO3S/c1-5-7-17-20(25(22,23)15-12-10-14(2)11-13-15)16-8-6-9-18(24-4)19(16)21(17)3/h6,8-13H,5,7H2,1-4H3. The van der Waals surface area contributed by atoms with Crippen molar-refractivity contribution in [2.75, 3.05) is 7.11 Å². The largest absolute Gasteiger partial charge is 0.495 e. The third-order valence-electron chi connectivity index (χ3n) is 4.55. The number of rotatable bonds is 5. The second-order valence-electron chi connectivity index (χ2n) is 6.26. The second-order valence-corrected chi connectivity index (χ2v) is 8.14. The van der Waals surface area contributed by atoms with Crippen molar-refractivity contribution < 1.29 is 13.2 Å². The summed E-state index contributed by atoms with van der Waals surface area (Å²) in [4.78, 5) is 0.723. The normalized spacial score (nSPS) is 11.8. The van der Waals surface area contributed by atoms with Crippen molar-refractivity contribution >= 4 is 20.7 Å².